The van der Waals surface area contributed by atoms with Crippen molar-refractivity contribution in [3.63, 3.8) is 0 Å². The third-order valence-electron chi connectivity index (χ3n) is 4.55. The van der Waals surface area contributed by atoms with Crippen LogP contribution in [-0.2, 0) is 19.6 Å². The van der Waals surface area contributed by atoms with Gasteiger partial charge in [-0.2, -0.15) is 0 Å². The van der Waals surface area contributed by atoms with Crippen LogP contribution in [0.4, 0.5) is 0 Å². The van der Waals surface area contributed by atoms with Crippen molar-refractivity contribution < 1.29 is 4.74 Å². The van der Waals surface area contributed by atoms with Crippen molar-refractivity contribution in [1.82, 2.24) is 20.2 Å². The second-order valence-electron chi connectivity index (χ2n) is 8.42. The summed E-state index contributed by atoms with van der Waals surface area (Å²) in [7, 11) is 0. The van der Waals surface area contributed by atoms with Gasteiger partial charge < -0.3 is 19.9 Å². The molecule has 0 atom stereocenters. The molecule has 0 bridgehead atoms. The van der Waals surface area contributed by atoms with E-state index < -0.39 is 0 Å². The average molecular weight is 420 g/mol. The Labute approximate surface area is 185 Å². The second kappa shape index (κ2) is 10.7. The number of aromatic nitrogens is 2. The molecule has 0 radical (unpaired) electrons. The van der Waals surface area contributed by atoms with Gasteiger partial charge >= 0.3 is 0 Å². The van der Waals surface area contributed by atoms with Crippen LogP contribution in [0.15, 0.2) is 72.2 Å². The van der Waals surface area contributed by atoms with Gasteiger partial charge in [0.05, 0.1) is 12.9 Å². The van der Waals surface area contributed by atoms with Gasteiger partial charge in [0.2, 0.25) is 0 Å². The molecule has 0 amide bonds. The summed E-state index contributed by atoms with van der Waals surface area (Å²) in [5, 5.41) is 6.74. The number of imidazole rings is 1. The highest BCUT2D eigenvalue weighted by atomic mass is 16.5. The van der Waals surface area contributed by atoms with Crippen LogP contribution in [0.25, 0.3) is 0 Å². The van der Waals surface area contributed by atoms with E-state index in [1.165, 1.54) is 11.1 Å². The van der Waals surface area contributed by atoms with Crippen molar-refractivity contribution >= 4 is 5.96 Å². The number of nitrogens with zero attached hydrogens (tertiary/aromatic N) is 3. The molecule has 0 spiro atoms. The van der Waals surface area contributed by atoms with E-state index in [1.807, 2.05) is 30.7 Å². The maximum absolute atomic E-state index is 6.10. The molecule has 3 aromatic rings. The molecule has 31 heavy (non-hydrogen) atoms. The molecule has 2 N–H and O–H groups in total. The second-order valence-corrected chi connectivity index (χ2v) is 8.42. The Balaban J connectivity index is 1.60. The van der Waals surface area contributed by atoms with Crippen LogP contribution in [0.2, 0.25) is 0 Å². The normalized spacial score (nSPS) is 11.9. The molecule has 0 saturated carbocycles. The molecule has 0 unspecified atom stereocenters. The highest BCUT2D eigenvalue weighted by Crippen LogP contribution is 2.22. The first-order valence-electron chi connectivity index (χ1n) is 10.8. The standard InChI is InChI=1S/C25H33N5O/c1-5-27-24(29-17-22-8-6-7-9-23(22)31-25(2,3)4)28-16-20-10-12-21(13-11-20)18-30-15-14-26-19-30/h6-15,19H,5,16-18H2,1-4H3,(H2,27,28,29). The van der Waals surface area contributed by atoms with Crippen LogP contribution >= 0.6 is 0 Å². The Hall–Kier alpha value is -3.28. The van der Waals surface area contributed by atoms with Crippen LogP contribution in [0.3, 0.4) is 0 Å². The smallest absolute Gasteiger partial charge is 0.191 e. The van der Waals surface area contributed by atoms with Crippen LogP contribution in [0, 0.1) is 0 Å². The lowest BCUT2D eigenvalue weighted by Crippen LogP contribution is -2.37. The van der Waals surface area contributed by atoms with Crippen LogP contribution < -0.4 is 15.4 Å². The summed E-state index contributed by atoms with van der Waals surface area (Å²) in [4.78, 5) is 8.83. The van der Waals surface area contributed by atoms with E-state index in [0.29, 0.717) is 13.1 Å². The summed E-state index contributed by atoms with van der Waals surface area (Å²) in [6.07, 6.45) is 5.60. The minimum absolute atomic E-state index is 0.237. The molecule has 6 nitrogen and oxygen atoms in total. The molecule has 6 heteroatoms. The van der Waals surface area contributed by atoms with Gasteiger partial charge in [-0.15, -0.1) is 0 Å². The topological polar surface area (TPSA) is 63.5 Å². The fourth-order valence-electron chi connectivity index (χ4n) is 3.11. The van der Waals surface area contributed by atoms with Gasteiger partial charge in [0.15, 0.2) is 5.96 Å². The molecule has 2 aromatic carbocycles. The number of aliphatic imine (C=N–C) groups is 1. The monoisotopic (exact) mass is 419 g/mol. The van der Waals surface area contributed by atoms with Crippen molar-refractivity contribution in [2.75, 3.05) is 6.54 Å². The molecular weight excluding hydrogens is 386 g/mol. The predicted molar refractivity (Wildman–Crippen MR) is 126 cm³/mol. The van der Waals surface area contributed by atoms with Gasteiger partial charge in [-0.25, -0.2) is 9.98 Å². The molecule has 3 rings (SSSR count). The number of ether oxygens (including phenoxy) is 1. The molecule has 1 heterocycles. The van der Waals surface area contributed by atoms with E-state index >= 15 is 0 Å². The number of rotatable bonds is 8. The fraction of sp³-hybridized carbons (Fsp3) is 0.360. The molecule has 0 aliphatic carbocycles. The molecule has 164 valence electrons. The lowest BCUT2D eigenvalue weighted by atomic mass is 10.1. The van der Waals surface area contributed by atoms with Gasteiger partial charge in [-0.05, 0) is 44.9 Å². The minimum Gasteiger partial charge on any atom is -0.488 e. The fourth-order valence-corrected chi connectivity index (χ4v) is 3.11. The lowest BCUT2D eigenvalue weighted by molar-refractivity contribution is 0.129. The number of benzene rings is 2. The zero-order valence-corrected chi connectivity index (χ0v) is 18.9. The summed E-state index contributed by atoms with van der Waals surface area (Å²) in [5.74, 6) is 1.68. The van der Waals surface area contributed by atoms with Crippen LogP contribution in [-0.4, -0.2) is 27.7 Å². The van der Waals surface area contributed by atoms with E-state index in [4.69, 9.17) is 9.73 Å². The SMILES string of the molecule is CCNC(=NCc1ccc(Cn2ccnc2)cc1)NCc1ccccc1OC(C)(C)C. The first-order valence-corrected chi connectivity index (χ1v) is 10.8. The number of hydrogen-bond acceptors (Lipinski definition) is 3. The van der Waals surface area contributed by atoms with E-state index in [2.05, 4.69) is 78.2 Å². The zero-order valence-electron chi connectivity index (χ0n) is 18.9. The molecule has 1 aromatic heterocycles. The van der Waals surface area contributed by atoms with Gasteiger partial charge in [-0.3, -0.25) is 0 Å². The molecule has 0 fully saturated rings. The van der Waals surface area contributed by atoms with Crippen LogP contribution in [0.1, 0.15) is 44.4 Å². The van der Waals surface area contributed by atoms with Crippen molar-refractivity contribution in [2.24, 2.45) is 4.99 Å². The van der Waals surface area contributed by atoms with Gasteiger partial charge in [-0.1, -0.05) is 42.5 Å². The Morgan fingerprint density at radius 1 is 1.03 bits per heavy atom. The first kappa shape index (κ1) is 22.4. The zero-order chi connectivity index (χ0) is 22.1. The summed E-state index contributed by atoms with van der Waals surface area (Å²) in [6, 6.07) is 16.7. The van der Waals surface area contributed by atoms with Gasteiger partial charge in [0, 0.05) is 37.6 Å². The summed E-state index contributed by atoms with van der Waals surface area (Å²) in [6.45, 7) is 11.1. The number of para-hydroxylation sites is 1. The highest BCUT2D eigenvalue weighted by Gasteiger charge is 2.14. The number of nitrogens with one attached hydrogen (secondary N) is 2. The average Bonchev–Trinajstić information content (AvgIpc) is 3.24. The van der Waals surface area contributed by atoms with Crippen molar-refractivity contribution in [3.05, 3.63) is 83.9 Å². The maximum Gasteiger partial charge on any atom is 0.191 e. The lowest BCUT2D eigenvalue weighted by Gasteiger charge is -2.23. The highest BCUT2D eigenvalue weighted by molar-refractivity contribution is 5.79. The molecule has 0 aliphatic heterocycles. The molecule has 0 saturated heterocycles. The molecule has 0 aliphatic rings. The van der Waals surface area contributed by atoms with Crippen molar-refractivity contribution in [3.8, 4) is 5.75 Å². The van der Waals surface area contributed by atoms with E-state index in [-0.39, 0.29) is 5.60 Å². The van der Waals surface area contributed by atoms with Gasteiger partial charge in [0.1, 0.15) is 11.4 Å². The summed E-state index contributed by atoms with van der Waals surface area (Å²) >= 11 is 0. The largest absolute Gasteiger partial charge is 0.488 e. The van der Waals surface area contributed by atoms with E-state index in [9.17, 15) is 0 Å². The third kappa shape index (κ3) is 7.48. The van der Waals surface area contributed by atoms with Crippen LogP contribution in [0.5, 0.6) is 5.75 Å². The number of guanidine groups is 1. The minimum atomic E-state index is -0.237. The Morgan fingerprint density at radius 3 is 2.45 bits per heavy atom. The predicted octanol–water partition coefficient (Wildman–Crippen LogP) is 4.36. The van der Waals surface area contributed by atoms with Crippen molar-refractivity contribution in [1.29, 1.82) is 0 Å². The number of hydrogen-bond donors (Lipinski definition) is 2. The van der Waals surface area contributed by atoms with Gasteiger partial charge in [0.25, 0.3) is 0 Å². The summed E-state index contributed by atoms with van der Waals surface area (Å²) < 4.78 is 8.15. The van der Waals surface area contributed by atoms with Crippen molar-refractivity contribution in [2.45, 2.75) is 52.9 Å². The summed E-state index contributed by atoms with van der Waals surface area (Å²) in [5.41, 5.74) is 3.28. The maximum atomic E-state index is 6.10. The quantitative estimate of drug-likeness (QED) is 0.421. The van der Waals surface area contributed by atoms with E-state index in [0.717, 1.165) is 30.4 Å². The Morgan fingerprint density at radius 2 is 1.77 bits per heavy atom. The Bertz CT molecular complexity index is 956. The van der Waals surface area contributed by atoms with E-state index in [1.54, 1.807) is 6.20 Å². The Kier molecular flexibility index (Phi) is 7.70. The first-order chi connectivity index (χ1) is 14.9. The molecular formula is C25H33N5O. The third-order valence-corrected chi connectivity index (χ3v) is 4.55.